The lowest BCUT2D eigenvalue weighted by molar-refractivity contribution is -0.139. The molecular formula is C28H27ClN4O6. The summed E-state index contributed by atoms with van der Waals surface area (Å²) in [7, 11) is 0. The van der Waals surface area contributed by atoms with Crippen LogP contribution in [0.25, 0.3) is 0 Å². The van der Waals surface area contributed by atoms with E-state index in [4.69, 9.17) is 11.6 Å². The Morgan fingerprint density at radius 3 is 2.44 bits per heavy atom. The maximum atomic E-state index is 12.8. The number of aromatic hydroxyl groups is 1. The first-order chi connectivity index (χ1) is 18.7. The summed E-state index contributed by atoms with van der Waals surface area (Å²) in [5.41, 5.74) is 2.86. The van der Waals surface area contributed by atoms with Gasteiger partial charge in [0.15, 0.2) is 0 Å². The quantitative estimate of drug-likeness (QED) is 0.240. The van der Waals surface area contributed by atoms with Crippen molar-refractivity contribution in [2.45, 2.75) is 31.5 Å². The van der Waals surface area contributed by atoms with Crippen molar-refractivity contribution in [3.63, 3.8) is 0 Å². The summed E-state index contributed by atoms with van der Waals surface area (Å²) in [6.45, 7) is -0.273. The minimum atomic E-state index is -1.42. The van der Waals surface area contributed by atoms with Crippen molar-refractivity contribution >= 4 is 35.4 Å². The predicted molar refractivity (Wildman–Crippen MR) is 144 cm³/mol. The minimum Gasteiger partial charge on any atom is -0.508 e. The van der Waals surface area contributed by atoms with Crippen molar-refractivity contribution in [3.8, 4) is 5.75 Å². The summed E-state index contributed by atoms with van der Waals surface area (Å²) >= 11 is 6.23. The van der Waals surface area contributed by atoms with E-state index in [1.165, 1.54) is 24.3 Å². The molecule has 3 aromatic carbocycles. The number of hydrogen-bond donors (Lipinski definition) is 6. The fourth-order valence-electron chi connectivity index (χ4n) is 4.33. The number of urea groups is 1. The molecule has 2 atom stereocenters. The van der Waals surface area contributed by atoms with Crippen LogP contribution in [0.3, 0.4) is 0 Å². The standard InChI is InChI=1S/C28H27ClN4O6/c29-21-13-17(25(35)30-14-18-6-2-4-8-24(18)34)9-11-20(21)26(36)32-23(27(37)38)15-31-28(39)33-22-12-10-16-5-1-3-7-19(16)22/h1-9,11,13,22-23,34H,10,12,14-15H2,(H,30,35)(H,32,36)(H,37,38)(H2,31,33,39)/t22-,23+/m1/s1. The van der Waals surface area contributed by atoms with Crippen LogP contribution in [-0.2, 0) is 17.8 Å². The lowest BCUT2D eigenvalue weighted by Crippen LogP contribution is -2.50. The van der Waals surface area contributed by atoms with Crippen LogP contribution in [0, 0.1) is 0 Å². The maximum Gasteiger partial charge on any atom is 0.328 e. The molecule has 0 fully saturated rings. The molecule has 0 aromatic heterocycles. The molecule has 11 heteroatoms. The van der Waals surface area contributed by atoms with Crippen molar-refractivity contribution < 1.29 is 29.4 Å². The van der Waals surface area contributed by atoms with Gasteiger partial charge in [-0.05, 0) is 48.2 Å². The second-order valence-corrected chi connectivity index (χ2v) is 9.42. The van der Waals surface area contributed by atoms with Crippen LogP contribution in [-0.4, -0.2) is 46.6 Å². The molecule has 0 bridgehead atoms. The van der Waals surface area contributed by atoms with E-state index in [-0.39, 0.29) is 41.0 Å². The van der Waals surface area contributed by atoms with Gasteiger partial charge in [-0.2, -0.15) is 0 Å². The maximum absolute atomic E-state index is 12.8. The van der Waals surface area contributed by atoms with Gasteiger partial charge in [-0.3, -0.25) is 9.59 Å². The Kier molecular flexibility index (Phi) is 8.67. The van der Waals surface area contributed by atoms with E-state index < -0.39 is 29.9 Å². The Hall–Kier alpha value is -4.57. The number of carbonyl (C=O) groups is 4. The molecule has 1 aliphatic rings. The summed E-state index contributed by atoms with van der Waals surface area (Å²) in [4.78, 5) is 49.4. The number of aliphatic carboxylic acids is 1. The Balaban J connectivity index is 1.31. The molecule has 0 spiro atoms. The van der Waals surface area contributed by atoms with Crippen LogP contribution in [0.2, 0.25) is 5.02 Å². The number of para-hydroxylation sites is 1. The molecule has 202 valence electrons. The van der Waals surface area contributed by atoms with Gasteiger partial charge in [0, 0.05) is 17.7 Å². The summed E-state index contributed by atoms with van der Waals surface area (Å²) in [5.74, 6) is -2.55. The van der Waals surface area contributed by atoms with Crippen LogP contribution in [0.4, 0.5) is 4.79 Å². The van der Waals surface area contributed by atoms with Crippen LogP contribution in [0.15, 0.2) is 66.7 Å². The van der Waals surface area contributed by atoms with E-state index in [0.29, 0.717) is 5.56 Å². The Morgan fingerprint density at radius 2 is 1.69 bits per heavy atom. The first-order valence-corrected chi connectivity index (χ1v) is 12.6. The molecule has 0 heterocycles. The van der Waals surface area contributed by atoms with E-state index in [1.54, 1.807) is 18.2 Å². The fourth-order valence-corrected chi connectivity index (χ4v) is 4.59. The number of amides is 4. The Bertz CT molecular complexity index is 1410. The first-order valence-electron chi connectivity index (χ1n) is 12.2. The highest BCUT2D eigenvalue weighted by molar-refractivity contribution is 6.34. The normalized spacial score (nSPS) is 14.5. The molecule has 3 aromatic rings. The average molecular weight is 551 g/mol. The van der Waals surface area contributed by atoms with E-state index >= 15 is 0 Å². The number of nitrogens with one attached hydrogen (secondary N) is 4. The molecule has 0 radical (unpaired) electrons. The second-order valence-electron chi connectivity index (χ2n) is 9.01. The number of aryl methyl sites for hydroxylation is 1. The third-order valence-corrected chi connectivity index (χ3v) is 6.73. The smallest absolute Gasteiger partial charge is 0.328 e. The van der Waals surface area contributed by atoms with Crippen molar-refractivity contribution in [1.29, 1.82) is 0 Å². The zero-order valence-corrected chi connectivity index (χ0v) is 21.5. The third-order valence-electron chi connectivity index (χ3n) is 6.42. The topological polar surface area (TPSA) is 157 Å². The number of rotatable bonds is 9. The van der Waals surface area contributed by atoms with Crippen LogP contribution < -0.4 is 21.3 Å². The number of halogens is 1. The number of fused-ring (bicyclic) bond motifs is 1. The van der Waals surface area contributed by atoms with E-state index in [1.807, 2.05) is 24.3 Å². The predicted octanol–water partition coefficient (Wildman–Crippen LogP) is 3.15. The van der Waals surface area contributed by atoms with Crippen molar-refractivity contribution in [2.24, 2.45) is 0 Å². The van der Waals surface area contributed by atoms with Crippen LogP contribution in [0.5, 0.6) is 5.75 Å². The summed E-state index contributed by atoms with van der Waals surface area (Å²) in [6, 6.07) is 16.2. The van der Waals surface area contributed by atoms with Crippen molar-refractivity contribution in [2.75, 3.05) is 6.54 Å². The highest BCUT2D eigenvalue weighted by atomic mass is 35.5. The van der Waals surface area contributed by atoms with Crippen molar-refractivity contribution in [3.05, 3.63) is 99.6 Å². The van der Waals surface area contributed by atoms with Gasteiger partial charge in [0.05, 0.1) is 23.2 Å². The van der Waals surface area contributed by atoms with E-state index in [2.05, 4.69) is 21.3 Å². The molecule has 6 N–H and O–H groups in total. The molecule has 0 saturated heterocycles. The van der Waals surface area contributed by atoms with E-state index in [0.717, 1.165) is 24.0 Å². The summed E-state index contributed by atoms with van der Waals surface area (Å²) < 4.78 is 0. The van der Waals surface area contributed by atoms with E-state index in [9.17, 15) is 29.4 Å². The highest BCUT2D eigenvalue weighted by Crippen LogP contribution is 2.30. The SMILES string of the molecule is O=C(NC[C@H](NC(=O)c1ccc(C(=O)NCc2ccccc2O)cc1Cl)C(=O)O)N[C@@H]1CCc2ccccc21. The lowest BCUT2D eigenvalue weighted by Gasteiger charge is -2.18. The fraction of sp³-hybridized carbons (Fsp3) is 0.214. The minimum absolute atomic E-state index is 0.0350. The molecule has 0 unspecified atom stereocenters. The number of carboxylic acid groups (broad SMARTS) is 1. The highest BCUT2D eigenvalue weighted by Gasteiger charge is 2.26. The summed E-state index contributed by atoms with van der Waals surface area (Å²) in [5, 5.41) is 29.7. The van der Waals surface area contributed by atoms with Gasteiger partial charge in [-0.1, -0.05) is 54.1 Å². The van der Waals surface area contributed by atoms with Crippen LogP contribution >= 0.6 is 11.6 Å². The van der Waals surface area contributed by atoms with Gasteiger partial charge >= 0.3 is 12.0 Å². The molecule has 4 rings (SSSR count). The number of benzene rings is 3. The van der Waals surface area contributed by atoms with Gasteiger partial charge < -0.3 is 31.5 Å². The zero-order chi connectivity index (χ0) is 27.9. The molecular weight excluding hydrogens is 524 g/mol. The number of phenolic OH excluding ortho intramolecular Hbond substituents is 1. The largest absolute Gasteiger partial charge is 0.508 e. The average Bonchev–Trinajstić information content (AvgIpc) is 3.32. The first kappa shape index (κ1) is 27.5. The van der Waals surface area contributed by atoms with Gasteiger partial charge in [-0.25, -0.2) is 9.59 Å². The molecule has 4 amide bonds. The Morgan fingerprint density at radius 1 is 0.949 bits per heavy atom. The molecule has 0 saturated carbocycles. The van der Waals surface area contributed by atoms with Crippen molar-refractivity contribution in [1.82, 2.24) is 21.3 Å². The summed E-state index contributed by atoms with van der Waals surface area (Å²) in [6.07, 6.45) is 1.58. The lowest BCUT2D eigenvalue weighted by atomic mass is 10.1. The van der Waals surface area contributed by atoms with Gasteiger partial charge in [0.2, 0.25) is 0 Å². The van der Waals surface area contributed by atoms with Crippen LogP contribution in [0.1, 0.15) is 49.9 Å². The molecule has 0 aliphatic heterocycles. The van der Waals surface area contributed by atoms with Gasteiger partial charge in [0.1, 0.15) is 11.8 Å². The van der Waals surface area contributed by atoms with Gasteiger partial charge in [-0.15, -0.1) is 0 Å². The number of hydrogen-bond acceptors (Lipinski definition) is 5. The molecule has 10 nitrogen and oxygen atoms in total. The second kappa shape index (κ2) is 12.3. The monoisotopic (exact) mass is 550 g/mol. The number of carboxylic acids is 1. The number of phenols is 1. The molecule has 1 aliphatic carbocycles. The molecule has 39 heavy (non-hydrogen) atoms. The zero-order valence-electron chi connectivity index (χ0n) is 20.7. The third kappa shape index (κ3) is 6.85. The Labute approximate surface area is 229 Å². The number of carbonyl (C=O) groups excluding carboxylic acids is 3. The van der Waals surface area contributed by atoms with Gasteiger partial charge in [0.25, 0.3) is 11.8 Å².